The Bertz CT molecular complexity index is 504. The number of hydrogen-bond donors (Lipinski definition) is 1. The van der Waals surface area contributed by atoms with Crippen LogP contribution in [0.15, 0.2) is 24.4 Å². The highest BCUT2D eigenvalue weighted by atomic mass is 16.6. The van der Waals surface area contributed by atoms with Crippen LogP contribution >= 0.6 is 0 Å². The molecule has 5 heteroatoms. The van der Waals surface area contributed by atoms with Gasteiger partial charge in [0.1, 0.15) is 6.54 Å². The molecule has 0 aliphatic carbocycles. The molecule has 2 N–H and O–H groups in total. The second kappa shape index (κ2) is 6.70. The molecule has 0 radical (unpaired) electrons. The fourth-order valence-electron chi connectivity index (χ4n) is 2.61. The summed E-state index contributed by atoms with van der Waals surface area (Å²) in [7, 11) is 0. The van der Waals surface area contributed by atoms with Gasteiger partial charge in [0.05, 0.1) is 12.1 Å². The highest BCUT2D eigenvalue weighted by molar-refractivity contribution is 5.94. The maximum Gasteiger partial charge on any atom is 0.310 e. The van der Waals surface area contributed by atoms with Gasteiger partial charge < -0.3 is 4.74 Å². The van der Waals surface area contributed by atoms with E-state index >= 15 is 0 Å². The summed E-state index contributed by atoms with van der Waals surface area (Å²) < 4.78 is 5.37. The van der Waals surface area contributed by atoms with Crippen LogP contribution in [0.4, 0.5) is 5.82 Å². The number of esters is 1. The van der Waals surface area contributed by atoms with Crippen molar-refractivity contribution in [3.63, 3.8) is 0 Å². The highest BCUT2D eigenvalue weighted by Crippen LogP contribution is 2.34. The first kappa shape index (κ1) is 15.5. The summed E-state index contributed by atoms with van der Waals surface area (Å²) in [5.74, 6) is 0.307. The van der Waals surface area contributed by atoms with Crippen molar-refractivity contribution in [2.24, 2.45) is 5.92 Å². The Labute approximate surface area is 125 Å². The third-order valence-electron chi connectivity index (χ3n) is 3.94. The lowest BCUT2D eigenvalue weighted by Crippen LogP contribution is -2.39. The van der Waals surface area contributed by atoms with E-state index in [1.807, 2.05) is 18.2 Å². The van der Waals surface area contributed by atoms with Crippen LogP contribution in [-0.4, -0.2) is 23.9 Å². The van der Waals surface area contributed by atoms with E-state index in [1.54, 1.807) is 13.1 Å². The first-order chi connectivity index (χ1) is 10.0. The van der Waals surface area contributed by atoms with E-state index in [2.05, 4.69) is 17.2 Å². The topological polar surface area (TPSA) is 69.5 Å². The van der Waals surface area contributed by atoms with Crippen molar-refractivity contribution < 1.29 is 19.3 Å². The number of carbonyl (C=O) groups excluding carboxylic acids is 2. The van der Waals surface area contributed by atoms with Crippen LogP contribution in [-0.2, 0) is 14.3 Å². The number of ketones is 1. The van der Waals surface area contributed by atoms with Crippen molar-refractivity contribution in [1.82, 2.24) is 0 Å². The molecule has 0 aromatic carbocycles. The molecule has 2 rings (SSSR count). The third-order valence-corrected chi connectivity index (χ3v) is 3.94. The zero-order valence-electron chi connectivity index (χ0n) is 12.6. The van der Waals surface area contributed by atoms with Crippen molar-refractivity contribution in [2.75, 3.05) is 11.9 Å². The highest BCUT2D eigenvalue weighted by Gasteiger charge is 2.48. The number of Topliss-reactive ketones (excluding diaryl/α,β-unsaturated/α-hetero) is 1. The maximum atomic E-state index is 12.4. The van der Waals surface area contributed by atoms with Gasteiger partial charge in [-0.05, 0) is 19.4 Å². The lowest BCUT2D eigenvalue weighted by Gasteiger charge is -2.19. The summed E-state index contributed by atoms with van der Waals surface area (Å²) in [4.78, 5) is 27.2. The average Bonchev–Trinajstić information content (AvgIpc) is 2.79. The standard InChI is InChI=1S/C16H22N2O3/c1-3-4-7-12-10-16(2,21-15(12)20)13(19)11-18-14-8-5-6-9-17-14/h5-6,8-9,12H,3-4,7,10-11H2,1-2H3,(H,17,18)/p+1/t12-,16+/m0/s1. The minimum atomic E-state index is -0.989. The molecule has 0 unspecified atom stereocenters. The number of nitrogens with one attached hydrogen (secondary N) is 2. The van der Waals surface area contributed by atoms with Gasteiger partial charge in [-0.1, -0.05) is 25.8 Å². The summed E-state index contributed by atoms with van der Waals surface area (Å²) in [6.45, 7) is 3.95. The van der Waals surface area contributed by atoms with Gasteiger partial charge in [0.2, 0.25) is 5.78 Å². The molecule has 5 nitrogen and oxygen atoms in total. The minimum absolute atomic E-state index is 0.0906. The Morgan fingerprint density at radius 3 is 3.00 bits per heavy atom. The number of aromatic amines is 1. The molecule has 2 heterocycles. The van der Waals surface area contributed by atoms with E-state index in [1.165, 1.54) is 0 Å². The Kier molecular flexibility index (Phi) is 4.94. The number of hydrogen-bond acceptors (Lipinski definition) is 4. The van der Waals surface area contributed by atoms with E-state index in [0.717, 1.165) is 25.1 Å². The normalized spacial score (nSPS) is 24.7. The van der Waals surface area contributed by atoms with E-state index in [4.69, 9.17) is 4.74 Å². The lowest BCUT2D eigenvalue weighted by molar-refractivity contribution is -0.361. The summed E-state index contributed by atoms with van der Waals surface area (Å²) in [6, 6.07) is 5.59. The van der Waals surface area contributed by atoms with E-state index in [-0.39, 0.29) is 24.2 Å². The molecule has 1 fully saturated rings. The molecule has 1 aromatic heterocycles. The first-order valence-electron chi connectivity index (χ1n) is 7.52. The Morgan fingerprint density at radius 1 is 1.52 bits per heavy atom. The molecule has 1 aromatic rings. The Morgan fingerprint density at radius 2 is 2.33 bits per heavy atom. The molecule has 2 atom stereocenters. The predicted molar refractivity (Wildman–Crippen MR) is 78.6 cm³/mol. The van der Waals surface area contributed by atoms with Crippen molar-refractivity contribution >= 4 is 17.6 Å². The van der Waals surface area contributed by atoms with Gasteiger partial charge in [-0.15, -0.1) is 0 Å². The zero-order chi connectivity index (χ0) is 15.3. The Balaban J connectivity index is 1.91. The number of rotatable bonds is 7. The molecule has 1 saturated heterocycles. The largest absolute Gasteiger partial charge is 0.451 e. The van der Waals surface area contributed by atoms with Crippen LogP contribution in [0.2, 0.25) is 0 Å². The predicted octanol–water partition coefficient (Wildman–Crippen LogP) is 1.99. The summed E-state index contributed by atoms with van der Waals surface area (Å²) in [6.07, 6.45) is 5.11. The monoisotopic (exact) mass is 291 g/mol. The van der Waals surface area contributed by atoms with Gasteiger partial charge >= 0.3 is 5.97 Å². The van der Waals surface area contributed by atoms with Gasteiger partial charge in [0.25, 0.3) is 5.82 Å². The SMILES string of the molecule is CCCC[C@H]1C[C@](C)(C(=O)CNc2cccc[nH+]2)OC1=O. The van der Waals surface area contributed by atoms with Crippen LogP contribution in [0.3, 0.4) is 0 Å². The van der Waals surface area contributed by atoms with Crippen molar-refractivity contribution in [3.05, 3.63) is 24.4 Å². The maximum absolute atomic E-state index is 12.4. The van der Waals surface area contributed by atoms with E-state index < -0.39 is 5.60 Å². The molecule has 1 aliphatic heterocycles. The number of unbranched alkanes of at least 4 members (excludes halogenated alkanes) is 1. The van der Waals surface area contributed by atoms with Crippen LogP contribution in [0.1, 0.15) is 39.5 Å². The van der Waals surface area contributed by atoms with Crippen LogP contribution in [0, 0.1) is 5.92 Å². The first-order valence-corrected chi connectivity index (χ1v) is 7.52. The van der Waals surface area contributed by atoms with Crippen LogP contribution in [0.5, 0.6) is 0 Å². The molecular weight excluding hydrogens is 268 g/mol. The number of anilines is 1. The molecular formula is C16H23N2O3+. The number of pyridine rings is 1. The van der Waals surface area contributed by atoms with Gasteiger partial charge in [0.15, 0.2) is 5.60 Å². The average molecular weight is 291 g/mol. The Hall–Kier alpha value is -1.91. The zero-order valence-corrected chi connectivity index (χ0v) is 12.6. The van der Waals surface area contributed by atoms with Gasteiger partial charge in [0, 0.05) is 12.5 Å². The van der Waals surface area contributed by atoms with E-state index in [0.29, 0.717) is 6.42 Å². The van der Waals surface area contributed by atoms with Crippen molar-refractivity contribution in [3.8, 4) is 0 Å². The molecule has 21 heavy (non-hydrogen) atoms. The number of ether oxygens (including phenoxy) is 1. The second-order valence-electron chi connectivity index (χ2n) is 5.75. The molecule has 0 amide bonds. The minimum Gasteiger partial charge on any atom is -0.451 e. The molecule has 1 aliphatic rings. The van der Waals surface area contributed by atoms with Crippen molar-refractivity contribution in [1.29, 1.82) is 0 Å². The van der Waals surface area contributed by atoms with Gasteiger partial charge in [-0.25, -0.2) is 4.98 Å². The smallest absolute Gasteiger partial charge is 0.310 e. The quantitative estimate of drug-likeness (QED) is 0.780. The fraction of sp³-hybridized carbons (Fsp3) is 0.562. The lowest BCUT2D eigenvalue weighted by atomic mass is 9.89. The third kappa shape index (κ3) is 3.80. The van der Waals surface area contributed by atoms with Crippen LogP contribution in [0.25, 0.3) is 0 Å². The summed E-state index contributed by atoms with van der Waals surface area (Å²) in [5.41, 5.74) is -0.989. The molecule has 0 saturated carbocycles. The number of carbonyl (C=O) groups is 2. The van der Waals surface area contributed by atoms with Gasteiger partial charge in [-0.3, -0.25) is 14.9 Å². The van der Waals surface area contributed by atoms with Crippen LogP contribution < -0.4 is 10.3 Å². The summed E-state index contributed by atoms with van der Waals surface area (Å²) >= 11 is 0. The van der Waals surface area contributed by atoms with E-state index in [9.17, 15) is 9.59 Å². The van der Waals surface area contributed by atoms with Crippen molar-refractivity contribution in [2.45, 2.75) is 45.1 Å². The number of aromatic nitrogens is 1. The number of cyclic esters (lactones) is 1. The fourth-order valence-corrected chi connectivity index (χ4v) is 2.61. The number of H-pyrrole nitrogens is 1. The molecule has 114 valence electrons. The van der Waals surface area contributed by atoms with Gasteiger partial charge in [-0.2, -0.15) is 0 Å². The molecule has 0 spiro atoms. The summed E-state index contributed by atoms with van der Waals surface area (Å²) in [5, 5.41) is 3.02. The molecule has 0 bridgehead atoms. The second-order valence-corrected chi connectivity index (χ2v) is 5.75.